The maximum Gasteiger partial charge on any atom is 0.363 e. The molecule has 98 valence electrons. The van der Waals surface area contributed by atoms with Gasteiger partial charge in [-0.25, -0.2) is 0 Å². The molecule has 1 aromatic rings. The van der Waals surface area contributed by atoms with E-state index in [0.29, 0.717) is 18.7 Å². The van der Waals surface area contributed by atoms with E-state index in [0.717, 1.165) is 0 Å². The van der Waals surface area contributed by atoms with Gasteiger partial charge in [0, 0.05) is 25.1 Å². The molecule has 0 aliphatic carbocycles. The summed E-state index contributed by atoms with van der Waals surface area (Å²) in [5.41, 5.74) is 0.651. The molecule has 0 atom stereocenters. The minimum atomic E-state index is -0.556. The van der Waals surface area contributed by atoms with Crippen LogP contribution in [0.4, 0.5) is 11.5 Å². The van der Waals surface area contributed by atoms with E-state index in [1.165, 1.54) is 12.3 Å². The fourth-order valence-electron chi connectivity index (χ4n) is 1.31. The number of hydrogen-bond donors (Lipinski definition) is 2. The number of hydrogen-bond acceptors (Lipinski definition) is 5. The summed E-state index contributed by atoms with van der Waals surface area (Å²) in [4.78, 5) is 24.8. The highest BCUT2D eigenvalue weighted by Gasteiger charge is 2.06. The van der Waals surface area contributed by atoms with Gasteiger partial charge in [0.1, 0.15) is 0 Å². The molecule has 0 aliphatic rings. The Morgan fingerprint density at radius 1 is 1.50 bits per heavy atom. The molecule has 7 nitrogen and oxygen atoms in total. The van der Waals surface area contributed by atoms with Crippen molar-refractivity contribution in [1.82, 2.24) is 10.3 Å². The standard InChI is InChI=1S/C11H16N4O3/c1-8(2)14-11(16)5-6-12-9-3-4-10(13-7-9)15(17)18/h3-4,7-8,12H,5-6H2,1-2H3,(H,14,16). The van der Waals surface area contributed by atoms with Gasteiger partial charge in [0.25, 0.3) is 0 Å². The highest BCUT2D eigenvalue weighted by atomic mass is 16.6. The lowest BCUT2D eigenvalue weighted by atomic mass is 10.3. The Morgan fingerprint density at radius 2 is 2.22 bits per heavy atom. The fourth-order valence-corrected chi connectivity index (χ4v) is 1.31. The van der Waals surface area contributed by atoms with Crippen LogP contribution in [-0.2, 0) is 4.79 Å². The number of pyridine rings is 1. The minimum Gasteiger partial charge on any atom is -0.381 e. The van der Waals surface area contributed by atoms with Crippen LogP contribution in [0, 0.1) is 10.1 Å². The van der Waals surface area contributed by atoms with E-state index in [1.54, 1.807) is 6.07 Å². The van der Waals surface area contributed by atoms with Crippen molar-refractivity contribution < 1.29 is 9.72 Å². The van der Waals surface area contributed by atoms with Crippen LogP contribution < -0.4 is 10.6 Å². The quantitative estimate of drug-likeness (QED) is 0.587. The second-order valence-corrected chi connectivity index (χ2v) is 4.06. The Kier molecular flexibility index (Phi) is 5.04. The van der Waals surface area contributed by atoms with Gasteiger partial charge in [0.05, 0.1) is 5.69 Å². The molecule has 18 heavy (non-hydrogen) atoms. The monoisotopic (exact) mass is 252 g/mol. The van der Waals surface area contributed by atoms with Crippen molar-refractivity contribution in [3.63, 3.8) is 0 Å². The Morgan fingerprint density at radius 3 is 2.72 bits per heavy atom. The number of carbonyl (C=O) groups excluding carboxylic acids is 1. The van der Waals surface area contributed by atoms with E-state index in [-0.39, 0.29) is 17.8 Å². The van der Waals surface area contributed by atoms with Crippen molar-refractivity contribution in [3.8, 4) is 0 Å². The van der Waals surface area contributed by atoms with Gasteiger partial charge in [-0.3, -0.25) is 4.79 Å². The normalized spacial score (nSPS) is 10.2. The third kappa shape index (κ3) is 4.77. The molecule has 1 aromatic heterocycles. The topological polar surface area (TPSA) is 97.2 Å². The van der Waals surface area contributed by atoms with Gasteiger partial charge in [-0.15, -0.1) is 0 Å². The summed E-state index contributed by atoms with van der Waals surface area (Å²) in [6.45, 7) is 4.25. The van der Waals surface area contributed by atoms with Crippen molar-refractivity contribution in [2.24, 2.45) is 0 Å². The van der Waals surface area contributed by atoms with Crippen LogP contribution in [0.15, 0.2) is 18.3 Å². The summed E-state index contributed by atoms with van der Waals surface area (Å²) >= 11 is 0. The molecule has 0 spiro atoms. The average molecular weight is 252 g/mol. The van der Waals surface area contributed by atoms with E-state index in [1.807, 2.05) is 13.8 Å². The molecular weight excluding hydrogens is 236 g/mol. The summed E-state index contributed by atoms with van der Waals surface area (Å²) < 4.78 is 0. The first kappa shape index (κ1) is 13.9. The summed E-state index contributed by atoms with van der Waals surface area (Å²) in [6, 6.07) is 3.00. The minimum absolute atomic E-state index is 0.0348. The number of nitrogens with one attached hydrogen (secondary N) is 2. The molecule has 0 unspecified atom stereocenters. The SMILES string of the molecule is CC(C)NC(=O)CCNc1ccc([N+](=O)[O-])nc1. The first-order valence-electron chi connectivity index (χ1n) is 5.62. The molecule has 1 amide bonds. The second-order valence-electron chi connectivity index (χ2n) is 4.06. The van der Waals surface area contributed by atoms with Gasteiger partial charge in [0.2, 0.25) is 5.91 Å². The zero-order valence-corrected chi connectivity index (χ0v) is 10.3. The molecule has 0 saturated heterocycles. The molecule has 0 aliphatic heterocycles. The van der Waals surface area contributed by atoms with E-state index < -0.39 is 4.92 Å². The summed E-state index contributed by atoms with van der Waals surface area (Å²) in [5, 5.41) is 16.1. The van der Waals surface area contributed by atoms with Crippen molar-refractivity contribution >= 4 is 17.4 Å². The Hall–Kier alpha value is -2.18. The maximum absolute atomic E-state index is 11.3. The predicted molar refractivity (Wildman–Crippen MR) is 67.3 cm³/mol. The van der Waals surface area contributed by atoms with Gasteiger partial charge >= 0.3 is 5.82 Å². The molecular formula is C11H16N4O3. The summed E-state index contributed by atoms with van der Waals surface area (Å²) in [7, 11) is 0. The first-order chi connectivity index (χ1) is 8.49. The van der Waals surface area contributed by atoms with Gasteiger partial charge in [-0.05, 0) is 29.8 Å². The van der Waals surface area contributed by atoms with Crippen LogP contribution in [0.3, 0.4) is 0 Å². The van der Waals surface area contributed by atoms with E-state index >= 15 is 0 Å². The highest BCUT2D eigenvalue weighted by molar-refractivity contribution is 5.76. The number of anilines is 1. The van der Waals surface area contributed by atoms with E-state index in [4.69, 9.17) is 0 Å². The number of aromatic nitrogens is 1. The fraction of sp³-hybridized carbons (Fsp3) is 0.455. The molecule has 1 heterocycles. The lowest BCUT2D eigenvalue weighted by Gasteiger charge is -2.08. The van der Waals surface area contributed by atoms with Crippen LogP contribution in [0.2, 0.25) is 0 Å². The smallest absolute Gasteiger partial charge is 0.363 e. The lowest BCUT2D eigenvalue weighted by molar-refractivity contribution is -0.389. The lowest BCUT2D eigenvalue weighted by Crippen LogP contribution is -2.31. The van der Waals surface area contributed by atoms with Gasteiger partial charge in [0.15, 0.2) is 6.20 Å². The molecule has 0 bridgehead atoms. The molecule has 1 rings (SSSR count). The first-order valence-corrected chi connectivity index (χ1v) is 5.62. The van der Waals surface area contributed by atoms with Crippen LogP contribution in [0.5, 0.6) is 0 Å². The molecule has 2 N–H and O–H groups in total. The van der Waals surface area contributed by atoms with Gasteiger partial charge in [-0.1, -0.05) is 0 Å². The Bertz CT molecular complexity index is 417. The number of rotatable bonds is 6. The van der Waals surface area contributed by atoms with Crippen LogP contribution in [0.1, 0.15) is 20.3 Å². The molecule has 0 saturated carbocycles. The third-order valence-electron chi connectivity index (χ3n) is 2.07. The number of nitrogens with zero attached hydrogens (tertiary/aromatic N) is 2. The summed E-state index contributed by atoms with van der Waals surface area (Å²) in [6.07, 6.45) is 1.72. The van der Waals surface area contributed by atoms with Crippen LogP contribution in [0.25, 0.3) is 0 Å². The maximum atomic E-state index is 11.3. The van der Waals surface area contributed by atoms with Gasteiger partial charge < -0.3 is 20.7 Å². The van der Waals surface area contributed by atoms with E-state index in [2.05, 4.69) is 15.6 Å². The van der Waals surface area contributed by atoms with Crippen molar-refractivity contribution in [2.45, 2.75) is 26.3 Å². The highest BCUT2D eigenvalue weighted by Crippen LogP contribution is 2.11. The Balaban J connectivity index is 2.35. The van der Waals surface area contributed by atoms with E-state index in [9.17, 15) is 14.9 Å². The number of nitro groups is 1. The largest absolute Gasteiger partial charge is 0.381 e. The number of carbonyl (C=O) groups is 1. The molecule has 0 radical (unpaired) electrons. The third-order valence-corrected chi connectivity index (χ3v) is 2.07. The average Bonchev–Trinajstić information content (AvgIpc) is 2.28. The zero-order chi connectivity index (χ0) is 13.5. The molecule has 7 heteroatoms. The van der Waals surface area contributed by atoms with Crippen LogP contribution >= 0.6 is 0 Å². The zero-order valence-electron chi connectivity index (χ0n) is 10.3. The number of amides is 1. The Labute approximate surface area is 105 Å². The molecule has 0 fully saturated rings. The predicted octanol–water partition coefficient (Wildman–Crippen LogP) is 1.32. The molecule has 0 aromatic carbocycles. The second kappa shape index (κ2) is 6.53. The van der Waals surface area contributed by atoms with Crippen molar-refractivity contribution in [3.05, 3.63) is 28.4 Å². The van der Waals surface area contributed by atoms with Crippen molar-refractivity contribution in [2.75, 3.05) is 11.9 Å². The van der Waals surface area contributed by atoms with Crippen LogP contribution in [-0.4, -0.2) is 28.4 Å². The van der Waals surface area contributed by atoms with Gasteiger partial charge in [-0.2, -0.15) is 0 Å². The van der Waals surface area contributed by atoms with Crippen molar-refractivity contribution in [1.29, 1.82) is 0 Å². The summed E-state index contributed by atoms with van der Waals surface area (Å²) in [5.74, 6) is -0.231.